The van der Waals surface area contributed by atoms with Crippen molar-refractivity contribution >= 4 is 15.9 Å². The third-order valence-electron chi connectivity index (χ3n) is 2.24. The van der Waals surface area contributed by atoms with Gasteiger partial charge < -0.3 is 9.84 Å². The van der Waals surface area contributed by atoms with Crippen LogP contribution in [0.1, 0.15) is 5.56 Å². The second-order valence-corrected chi connectivity index (χ2v) is 4.36. The highest BCUT2D eigenvalue weighted by atomic mass is 79.9. The molecular formula is C13H10BrFO2. The lowest BCUT2D eigenvalue weighted by molar-refractivity contribution is 0.303. The van der Waals surface area contributed by atoms with Gasteiger partial charge in [0.2, 0.25) is 0 Å². The Morgan fingerprint density at radius 2 is 1.94 bits per heavy atom. The predicted octanol–water partition coefficient (Wildman–Crippen LogP) is 3.87. The molecule has 0 unspecified atom stereocenters. The lowest BCUT2D eigenvalue weighted by Crippen LogP contribution is -1.96. The van der Waals surface area contributed by atoms with Crippen molar-refractivity contribution in [2.45, 2.75) is 6.61 Å². The number of phenols is 1. The number of hydrogen-bond acceptors (Lipinski definition) is 2. The normalized spacial score (nSPS) is 10.2. The molecule has 2 aromatic carbocycles. The molecule has 0 bridgehead atoms. The first kappa shape index (κ1) is 11.9. The van der Waals surface area contributed by atoms with E-state index in [2.05, 4.69) is 15.9 Å². The van der Waals surface area contributed by atoms with Crippen molar-refractivity contribution in [3.05, 3.63) is 58.3 Å². The topological polar surface area (TPSA) is 29.5 Å². The van der Waals surface area contributed by atoms with Gasteiger partial charge in [-0.25, -0.2) is 4.39 Å². The number of ether oxygens (including phenoxy) is 1. The van der Waals surface area contributed by atoms with Crippen LogP contribution in [0.15, 0.2) is 46.9 Å². The lowest BCUT2D eigenvalue weighted by atomic mass is 10.2. The molecule has 1 N–H and O–H groups in total. The average Bonchev–Trinajstić information content (AvgIpc) is 2.32. The van der Waals surface area contributed by atoms with Crippen LogP contribution in [0.25, 0.3) is 0 Å². The molecule has 0 heterocycles. The summed E-state index contributed by atoms with van der Waals surface area (Å²) >= 11 is 3.36. The zero-order valence-corrected chi connectivity index (χ0v) is 10.4. The summed E-state index contributed by atoms with van der Waals surface area (Å²) in [7, 11) is 0. The molecule has 0 aliphatic heterocycles. The molecule has 88 valence electrons. The third kappa shape index (κ3) is 2.97. The van der Waals surface area contributed by atoms with Crippen LogP contribution in [0.4, 0.5) is 4.39 Å². The van der Waals surface area contributed by atoms with Crippen molar-refractivity contribution in [1.82, 2.24) is 0 Å². The van der Waals surface area contributed by atoms with Crippen molar-refractivity contribution in [2.75, 3.05) is 0 Å². The lowest BCUT2D eigenvalue weighted by Gasteiger charge is -2.08. The largest absolute Gasteiger partial charge is 0.505 e. The Labute approximate surface area is 107 Å². The zero-order chi connectivity index (χ0) is 12.3. The number of halogens is 2. The van der Waals surface area contributed by atoms with Crippen LogP contribution in [-0.4, -0.2) is 5.11 Å². The molecule has 0 aromatic heterocycles. The van der Waals surface area contributed by atoms with Crippen LogP contribution in [0.2, 0.25) is 0 Å². The van der Waals surface area contributed by atoms with E-state index < -0.39 is 5.82 Å². The summed E-state index contributed by atoms with van der Waals surface area (Å²) in [6.07, 6.45) is 0. The zero-order valence-electron chi connectivity index (χ0n) is 8.86. The van der Waals surface area contributed by atoms with E-state index in [0.29, 0.717) is 11.3 Å². The van der Waals surface area contributed by atoms with E-state index in [1.54, 1.807) is 6.07 Å². The first-order chi connectivity index (χ1) is 8.16. The molecule has 4 heteroatoms. The Balaban J connectivity index is 2.08. The maximum Gasteiger partial charge on any atom is 0.165 e. The van der Waals surface area contributed by atoms with Gasteiger partial charge in [0, 0.05) is 0 Å². The molecule has 0 atom stereocenters. The van der Waals surface area contributed by atoms with Crippen molar-refractivity contribution < 1.29 is 14.2 Å². The molecule has 2 nitrogen and oxygen atoms in total. The van der Waals surface area contributed by atoms with Gasteiger partial charge in [-0.15, -0.1) is 0 Å². The predicted molar refractivity (Wildman–Crippen MR) is 66.5 cm³/mol. The van der Waals surface area contributed by atoms with Crippen molar-refractivity contribution in [3.8, 4) is 11.5 Å². The Kier molecular flexibility index (Phi) is 3.64. The molecular weight excluding hydrogens is 287 g/mol. The monoisotopic (exact) mass is 296 g/mol. The number of aromatic hydroxyl groups is 1. The molecule has 0 saturated heterocycles. The van der Waals surface area contributed by atoms with E-state index >= 15 is 0 Å². The third-order valence-corrected chi connectivity index (χ3v) is 2.90. The van der Waals surface area contributed by atoms with Crippen LogP contribution in [0.5, 0.6) is 11.5 Å². The second-order valence-electron chi connectivity index (χ2n) is 3.50. The number of para-hydroxylation sites is 1. The van der Waals surface area contributed by atoms with Crippen LogP contribution in [0.3, 0.4) is 0 Å². The van der Waals surface area contributed by atoms with Crippen LogP contribution >= 0.6 is 15.9 Å². The summed E-state index contributed by atoms with van der Waals surface area (Å²) in [6, 6.07) is 11.6. The quantitative estimate of drug-likeness (QED) is 0.931. The fraction of sp³-hybridized carbons (Fsp3) is 0.0769. The molecule has 0 aliphatic carbocycles. The SMILES string of the molecule is Oc1ccc(COc2ccccc2Br)cc1F. The molecule has 0 spiro atoms. The fourth-order valence-corrected chi connectivity index (χ4v) is 1.76. The van der Waals surface area contributed by atoms with E-state index in [4.69, 9.17) is 9.84 Å². The summed E-state index contributed by atoms with van der Waals surface area (Å²) in [6.45, 7) is 0.250. The average molecular weight is 297 g/mol. The van der Waals surface area contributed by atoms with E-state index in [0.717, 1.165) is 4.47 Å². The van der Waals surface area contributed by atoms with Crippen LogP contribution in [0, 0.1) is 5.82 Å². The minimum Gasteiger partial charge on any atom is -0.505 e. The highest BCUT2D eigenvalue weighted by molar-refractivity contribution is 9.10. The molecule has 0 amide bonds. The van der Waals surface area contributed by atoms with Gasteiger partial charge in [0.25, 0.3) is 0 Å². The molecule has 2 aromatic rings. The van der Waals surface area contributed by atoms with Gasteiger partial charge in [-0.1, -0.05) is 18.2 Å². The fourth-order valence-electron chi connectivity index (χ4n) is 1.36. The maximum atomic E-state index is 13.1. The van der Waals surface area contributed by atoms with Crippen LogP contribution < -0.4 is 4.74 Å². The van der Waals surface area contributed by atoms with Gasteiger partial charge in [-0.3, -0.25) is 0 Å². The first-order valence-corrected chi connectivity index (χ1v) is 5.81. The smallest absolute Gasteiger partial charge is 0.165 e. The Hall–Kier alpha value is -1.55. The standard InChI is InChI=1S/C13H10BrFO2/c14-10-3-1-2-4-13(10)17-8-9-5-6-12(16)11(15)7-9/h1-7,16H,8H2. The van der Waals surface area contributed by atoms with Crippen molar-refractivity contribution in [2.24, 2.45) is 0 Å². The van der Waals surface area contributed by atoms with Gasteiger partial charge in [-0.05, 0) is 45.8 Å². The highest BCUT2D eigenvalue weighted by Crippen LogP contribution is 2.25. The summed E-state index contributed by atoms with van der Waals surface area (Å²) < 4.78 is 19.4. The molecule has 2 rings (SSSR count). The van der Waals surface area contributed by atoms with Gasteiger partial charge in [0.15, 0.2) is 11.6 Å². The molecule has 0 saturated carbocycles. The number of rotatable bonds is 3. The molecule has 0 radical (unpaired) electrons. The van der Waals surface area contributed by atoms with Gasteiger partial charge in [-0.2, -0.15) is 0 Å². The first-order valence-electron chi connectivity index (χ1n) is 5.01. The second kappa shape index (κ2) is 5.19. The van der Waals surface area contributed by atoms with E-state index in [1.165, 1.54) is 12.1 Å². The van der Waals surface area contributed by atoms with Gasteiger partial charge in [0.1, 0.15) is 12.4 Å². The molecule has 17 heavy (non-hydrogen) atoms. The molecule has 0 fully saturated rings. The Morgan fingerprint density at radius 1 is 1.18 bits per heavy atom. The Morgan fingerprint density at radius 3 is 2.65 bits per heavy atom. The van der Waals surface area contributed by atoms with E-state index in [9.17, 15) is 4.39 Å². The molecule has 0 aliphatic rings. The summed E-state index contributed by atoms with van der Waals surface area (Å²) in [4.78, 5) is 0. The summed E-state index contributed by atoms with van der Waals surface area (Å²) in [5.41, 5.74) is 0.663. The van der Waals surface area contributed by atoms with Crippen molar-refractivity contribution in [1.29, 1.82) is 0 Å². The van der Waals surface area contributed by atoms with Gasteiger partial charge in [0.05, 0.1) is 4.47 Å². The number of benzene rings is 2. The van der Waals surface area contributed by atoms with E-state index in [-0.39, 0.29) is 12.4 Å². The van der Waals surface area contributed by atoms with Gasteiger partial charge >= 0.3 is 0 Å². The minimum absolute atomic E-state index is 0.250. The highest BCUT2D eigenvalue weighted by Gasteiger charge is 2.03. The van der Waals surface area contributed by atoms with Crippen LogP contribution in [-0.2, 0) is 6.61 Å². The number of phenolic OH excluding ortho intramolecular Hbond substituents is 1. The summed E-state index contributed by atoms with van der Waals surface area (Å²) in [5, 5.41) is 9.05. The summed E-state index contributed by atoms with van der Waals surface area (Å²) in [5.74, 6) is -0.297. The maximum absolute atomic E-state index is 13.1. The van der Waals surface area contributed by atoms with E-state index in [1.807, 2.05) is 24.3 Å². The Bertz CT molecular complexity index is 529. The minimum atomic E-state index is -0.641. The van der Waals surface area contributed by atoms with Crippen molar-refractivity contribution in [3.63, 3.8) is 0 Å². The number of hydrogen-bond donors (Lipinski definition) is 1.